The Labute approximate surface area is 158 Å². The lowest BCUT2D eigenvalue weighted by Gasteiger charge is -2.11. The summed E-state index contributed by atoms with van der Waals surface area (Å²) in [4.78, 5) is 12.8. The fourth-order valence-electron chi connectivity index (χ4n) is 3.30. The first-order valence-electron chi connectivity index (χ1n) is 8.73. The number of benzene rings is 2. The van der Waals surface area contributed by atoms with Gasteiger partial charge in [0.1, 0.15) is 0 Å². The molecule has 0 bridgehead atoms. The number of thioether (sulfide) groups is 1. The second-order valence-electron chi connectivity index (χ2n) is 6.40. The van der Waals surface area contributed by atoms with Crippen LogP contribution in [0, 0.1) is 20.8 Å². The van der Waals surface area contributed by atoms with Gasteiger partial charge in [-0.1, -0.05) is 59.8 Å². The molecule has 0 aliphatic rings. The highest BCUT2D eigenvalue weighted by Gasteiger charge is 2.17. The van der Waals surface area contributed by atoms with Gasteiger partial charge < -0.3 is 4.57 Å². The van der Waals surface area contributed by atoms with Gasteiger partial charge in [0.15, 0.2) is 16.8 Å². The topological polar surface area (TPSA) is 47.8 Å². The first kappa shape index (κ1) is 18.4. The van der Waals surface area contributed by atoms with Crippen LogP contribution in [-0.4, -0.2) is 26.3 Å². The molecule has 0 saturated heterocycles. The Hall–Kier alpha value is -2.40. The predicted octanol–water partition coefficient (Wildman–Crippen LogP) is 4.87. The minimum atomic E-state index is 0.136. The molecule has 3 rings (SSSR count). The molecule has 4 nitrogen and oxygen atoms in total. The van der Waals surface area contributed by atoms with Gasteiger partial charge in [0, 0.05) is 17.7 Å². The number of nitrogens with zero attached hydrogens (tertiary/aromatic N) is 3. The van der Waals surface area contributed by atoms with E-state index in [1.165, 1.54) is 17.3 Å². The number of carbonyl (C=O) groups excluding carboxylic acids is 1. The van der Waals surface area contributed by atoms with Crippen molar-refractivity contribution in [3.63, 3.8) is 0 Å². The van der Waals surface area contributed by atoms with Crippen LogP contribution in [0.5, 0.6) is 0 Å². The summed E-state index contributed by atoms with van der Waals surface area (Å²) < 4.78 is 2.06. The first-order chi connectivity index (χ1) is 12.5. The third-order valence-corrected chi connectivity index (χ3v) is 5.32. The number of rotatable bonds is 6. The van der Waals surface area contributed by atoms with Crippen molar-refractivity contribution in [1.82, 2.24) is 14.8 Å². The van der Waals surface area contributed by atoms with Crippen LogP contribution >= 0.6 is 11.8 Å². The summed E-state index contributed by atoms with van der Waals surface area (Å²) in [5.41, 5.74) is 5.12. The molecule has 26 heavy (non-hydrogen) atoms. The number of aryl methyl sites for hydroxylation is 3. The molecule has 3 aromatic rings. The summed E-state index contributed by atoms with van der Waals surface area (Å²) in [5.74, 6) is 1.33. The molecule has 134 valence electrons. The zero-order valence-electron chi connectivity index (χ0n) is 15.6. The highest BCUT2D eigenvalue weighted by molar-refractivity contribution is 7.99. The minimum Gasteiger partial charge on any atom is -0.302 e. The molecular weight excluding hydrogens is 342 g/mol. The molecule has 0 amide bonds. The first-order valence-corrected chi connectivity index (χ1v) is 9.72. The molecule has 0 atom stereocenters. The maximum absolute atomic E-state index is 12.8. The number of ketones is 1. The molecule has 0 fully saturated rings. The van der Waals surface area contributed by atoms with Crippen LogP contribution < -0.4 is 0 Å². The lowest BCUT2D eigenvalue weighted by molar-refractivity contribution is 0.102. The summed E-state index contributed by atoms with van der Waals surface area (Å²) in [6.45, 7) is 8.88. The summed E-state index contributed by atoms with van der Waals surface area (Å²) in [7, 11) is 0. The number of aromatic nitrogens is 3. The largest absolute Gasteiger partial charge is 0.302 e. The van der Waals surface area contributed by atoms with Crippen molar-refractivity contribution in [2.45, 2.75) is 39.4 Å². The van der Waals surface area contributed by atoms with E-state index in [0.29, 0.717) is 5.75 Å². The Morgan fingerprint density at radius 2 is 1.69 bits per heavy atom. The fourth-order valence-corrected chi connectivity index (χ4v) is 4.18. The maximum Gasteiger partial charge on any atom is 0.191 e. The van der Waals surface area contributed by atoms with Crippen LogP contribution in [0.4, 0.5) is 0 Å². The zero-order chi connectivity index (χ0) is 18.7. The molecule has 0 unspecified atom stereocenters. The second-order valence-corrected chi connectivity index (χ2v) is 7.34. The summed E-state index contributed by atoms with van der Waals surface area (Å²) in [5, 5.41) is 9.43. The maximum atomic E-state index is 12.8. The molecule has 0 spiro atoms. The summed E-state index contributed by atoms with van der Waals surface area (Å²) in [6, 6.07) is 14.1. The number of hydrogen-bond acceptors (Lipinski definition) is 4. The summed E-state index contributed by atoms with van der Waals surface area (Å²) >= 11 is 1.45. The Morgan fingerprint density at radius 1 is 1.04 bits per heavy atom. The van der Waals surface area contributed by atoms with Crippen molar-refractivity contribution in [2.24, 2.45) is 0 Å². The SMILES string of the molecule is CCn1c(SCC(=O)c2c(C)cc(C)cc2C)nnc1-c1ccccc1. The van der Waals surface area contributed by atoms with Crippen LogP contribution in [0.2, 0.25) is 0 Å². The number of hydrogen-bond donors (Lipinski definition) is 0. The Bertz CT molecular complexity index is 909. The molecule has 1 heterocycles. The van der Waals surface area contributed by atoms with E-state index in [4.69, 9.17) is 0 Å². The average molecular weight is 366 g/mol. The van der Waals surface area contributed by atoms with E-state index >= 15 is 0 Å². The van der Waals surface area contributed by atoms with Crippen LogP contribution in [0.1, 0.15) is 34.0 Å². The Kier molecular flexibility index (Phi) is 5.57. The van der Waals surface area contributed by atoms with Gasteiger partial charge in [-0.3, -0.25) is 4.79 Å². The van der Waals surface area contributed by atoms with Gasteiger partial charge >= 0.3 is 0 Å². The molecule has 0 radical (unpaired) electrons. The van der Waals surface area contributed by atoms with Crippen molar-refractivity contribution in [1.29, 1.82) is 0 Å². The van der Waals surface area contributed by atoms with E-state index < -0.39 is 0 Å². The van der Waals surface area contributed by atoms with E-state index in [-0.39, 0.29) is 5.78 Å². The third-order valence-electron chi connectivity index (χ3n) is 4.35. The standard InChI is InChI=1S/C21H23N3OS/c1-5-24-20(17-9-7-6-8-10-17)22-23-21(24)26-13-18(25)19-15(3)11-14(2)12-16(19)4/h6-12H,5,13H2,1-4H3. The van der Waals surface area contributed by atoms with Gasteiger partial charge in [0.25, 0.3) is 0 Å². The predicted molar refractivity (Wildman–Crippen MR) is 107 cm³/mol. The third kappa shape index (κ3) is 3.73. The van der Waals surface area contributed by atoms with Crippen LogP contribution in [0.15, 0.2) is 47.6 Å². The molecule has 1 aromatic heterocycles. The lowest BCUT2D eigenvalue weighted by Crippen LogP contribution is -2.09. The molecule has 5 heteroatoms. The molecule has 2 aromatic carbocycles. The van der Waals surface area contributed by atoms with Crippen LogP contribution in [-0.2, 0) is 6.54 Å². The monoisotopic (exact) mass is 365 g/mol. The number of carbonyl (C=O) groups is 1. The minimum absolute atomic E-state index is 0.136. The molecular formula is C21H23N3OS. The van der Waals surface area contributed by atoms with Gasteiger partial charge in [0.2, 0.25) is 0 Å². The second kappa shape index (κ2) is 7.87. The van der Waals surface area contributed by atoms with E-state index in [1.807, 2.05) is 44.2 Å². The van der Waals surface area contributed by atoms with Gasteiger partial charge in [-0.05, 0) is 38.8 Å². The molecule has 0 aliphatic heterocycles. The van der Waals surface area contributed by atoms with Crippen molar-refractivity contribution in [2.75, 3.05) is 5.75 Å². The molecule has 0 aliphatic carbocycles. The highest BCUT2D eigenvalue weighted by atomic mass is 32.2. The van der Waals surface area contributed by atoms with E-state index in [1.54, 1.807) is 0 Å². The van der Waals surface area contributed by atoms with Crippen molar-refractivity contribution in [3.8, 4) is 11.4 Å². The van der Waals surface area contributed by atoms with Gasteiger partial charge in [-0.25, -0.2) is 0 Å². The number of Topliss-reactive ketones (excluding diaryl/α,β-unsaturated/α-hetero) is 1. The normalized spacial score (nSPS) is 10.9. The quantitative estimate of drug-likeness (QED) is 0.462. The lowest BCUT2D eigenvalue weighted by atomic mass is 9.97. The van der Waals surface area contributed by atoms with Crippen LogP contribution in [0.25, 0.3) is 11.4 Å². The van der Waals surface area contributed by atoms with Gasteiger partial charge in [-0.2, -0.15) is 0 Å². The molecule has 0 saturated carbocycles. The van der Waals surface area contributed by atoms with Crippen molar-refractivity contribution in [3.05, 3.63) is 64.7 Å². The van der Waals surface area contributed by atoms with Crippen molar-refractivity contribution < 1.29 is 4.79 Å². The van der Waals surface area contributed by atoms with Gasteiger partial charge in [0.05, 0.1) is 5.75 Å². The van der Waals surface area contributed by atoms with Crippen LogP contribution in [0.3, 0.4) is 0 Å². The zero-order valence-corrected chi connectivity index (χ0v) is 16.4. The summed E-state index contributed by atoms with van der Waals surface area (Å²) in [6.07, 6.45) is 0. The Morgan fingerprint density at radius 3 is 2.31 bits per heavy atom. The average Bonchev–Trinajstić information content (AvgIpc) is 3.02. The highest BCUT2D eigenvalue weighted by Crippen LogP contribution is 2.25. The Balaban J connectivity index is 1.81. The van der Waals surface area contributed by atoms with E-state index in [2.05, 4.69) is 40.7 Å². The van der Waals surface area contributed by atoms with Gasteiger partial charge in [-0.15, -0.1) is 10.2 Å². The van der Waals surface area contributed by atoms with E-state index in [9.17, 15) is 4.79 Å². The van der Waals surface area contributed by atoms with Crippen molar-refractivity contribution >= 4 is 17.5 Å². The molecule has 0 N–H and O–H groups in total. The van der Waals surface area contributed by atoms with E-state index in [0.717, 1.165) is 39.8 Å². The fraction of sp³-hybridized carbons (Fsp3) is 0.286. The smallest absolute Gasteiger partial charge is 0.191 e.